The van der Waals surface area contributed by atoms with E-state index >= 15 is 0 Å². The maximum absolute atomic E-state index is 12.9. The molecule has 0 aliphatic heterocycles. The third-order valence-corrected chi connectivity index (χ3v) is 4.95. The molecule has 0 atom stereocenters. The van der Waals surface area contributed by atoms with E-state index in [4.69, 9.17) is 40.5 Å². The van der Waals surface area contributed by atoms with Crippen molar-refractivity contribution in [3.05, 3.63) is 67.5 Å². The van der Waals surface area contributed by atoms with Crippen molar-refractivity contribution in [3.8, 4) is 5.82 Å². The number of hydrogen-bond acceptors (Lipinski definition) is 6. The Labute approximate surface area is 204 Å². The first-order chi connectivity index (χ1) is 15.1. The lowest BCUT2D eigenvalue weighted by molar-refractivity contribution is 0.100. The van der Waals surface area contributed by atoms with Crippen LogP contribution in [0.3, 0.4) is 0 Å². The molecule has 0 aliphatic rings. The quantitative estimate of drug-likeness (QED) is 0.434. The Morgan fingerprint density at radius 2 is 1.72 bits per heavy atom. The second kappa shape index (κ2) is 11.1. The van der Waals surface area contributed by atoms with Gasteiger partial charge in [-0.3, -0.25) is 9.59 Å². The Morgan fingerprint density at radius 3 is 2.28 bits per heavy atom. The summed E-state index contributed by atoms with van der Waals surface area (Å²) in [5, 5.41) is 7.18. The van der Waals surface area contributed by atoms with Gasteiger partial charge in [0.1, 0.15) is 10.3 Å². The molecule has 5 N–H and O–H groups in total. The highest BCUT2D eigenvalue weighted by Crippen LogP contribution is 2.32. The number of halogens is 4. The molecule has 0 aliphatic carbocycles. The minimum absolute atomic E-state index is 0.00217. The zero-order valence-electron chi connectivity index (χ0n) is 16.1. The number of anilines is 1. The maximum atomic E-state index is 12.9. The fourth-order valence-electron chi connectivity index (χ4n) is 2.30. The van der Waals surface area contributed by atoms with Crippen molar-refractivity contribution >= 4 is 74.3 Å². The lowest BCUT2D eigenvalue weighted by Crippen LogP contribution is -2.21. The first-order valence-corrected chi connectivity index (χ1v) is 10.3. The number of aromatic nitrogens is 3. The van der Waals surface area contributed by atoms with E-state index in [1.165, 1.54) is 36.2 Å². The maximum Gasteiger partial charge on any atom is 0.404 e. The van der Waals surface area contributed by atoms with Crippen molar-refractivity contribution < 1.29 is 19.1 Å². The number of carbonyl (C=O) groups is 3. The summed E-state index contributed by atoms with van der Waals surface area (Å²) in [6, 6.07) is 7.57. The van der Waals surface area contributed by atoms with Gasteiger partial charge in [0.25, 0.3) is 11.8 Å². The average molecular weight is 565 g/mol. The highest BCUT2D eigenvalue weighted by molar-refractivity contribution is 9.10. The van der Waals surface area contributed by atoms with Gasteiger partial charge < -0.3 is 21.5 Å². The molecule has 0 spiro atoms. The van der Waals surface area contributed by atoms with Gasteiger partial charge in [0.05, 0.1) is 33.4 Å². The van der Waals surface area contributed by atoms with E-state index in [2.05, 4.69) is 41.8 Å². The van der Waals surface area contributed by atoms with Crippen molar-refractivity contribution in [2.75, 3.05) is 12.4 Å². The standard InChI is InChI=1S/C16H9BrCl3N5O2.C2H5NO2/c17-11-6-10(25(24-11)15-9(20)2-1-5-22-15)16(27)23-13-8(19)4-3-7(18)12(13)14(21)26;1-5-2(3)4/h1-6H,(H2,21,26)(H,23,27);1H3,(H2,3,4). The van der Waals surface area contributed by atoms with Crippen LogP contribution in [0.15, 0.2) is 41.1 Å². The summed E-state index contributed by atoms with van der Waals surface area (Å²) in [6.07, 6.45) is 0.766. The Morgan fingerprint density at radius 1 is 1.09 bits per heavy atom. The first-order valence-electron chi connectivity index (χ1n) is 8.35. The topological polar surface area (TPSA) is 155 Å². The molecule has 0 saturated carbocycles. The lowest BCUT2D eigenvalue weighted by atomic mass is 10.1. The number of rotatable bonds is 4. The third-order valence-electron chi connectivity index (χ3n) is 3.64. The molecule has 0 fully saturated rings. The molecule has 3 aromatic rings. The molecule has 2 heterocycles. The molecule has 168 valence electrons. The molecule has 1 aromatic carbocycles. The van der Waals surface area contributed by atoms with Crippen LogP contribution in [0.1, 0.15) is 20.8 Å². The highest BCUT2D eigenvalue weighted by Gasteiger charge is 2.23. The Hall–Kier alpha value is -2.86. The van der Waals surface area contributed by atoms with Crippen LogP contribution >= 0.6 is 50.7 Å². The molecular formula is C18H14BrCl3N6O4. The van der Waals surface area contributed by atoms with Gasteiger partial charge in [-0.1, -0.05) is 34.8 Å². The van der Waals surface area contributed by atoms with E-state index in [1.54, 1.807) is 12.1 Å². The van der Waals surface area contributed by atoms with E-state index in [9.17, 15) is 14.4 Å². The summed E-state index contributed by atoms with van der Waals surface area (Å²) in [5.41, 5.74) is 9.78. The van der Waals surface area contributed by atoms with Crippen LogP contribution in [-0.4, -0.2) is 39.8 Å². The van der Waals surface area contributed by atoms with Gasteiger partial charge in [0.15, 0.2) is 5.82 Å². The minimum atomic E-state index is -0.833. The zero-order chi connectivity index (χ0) is 24.0. The second-order valence-corrected chi connectivity index (χ2v) is 7.73. The van der Waals surface area contributed by atoms with Gasteiger partial charge in [0, 0.05) is 12.3 Å². The molecule has 2 aromatic heterocycles. The number of carbonyl (C=O) groups excluding carboxylic acids is 3. The predicted molar refractivity (Wildman–Crippen MR) is 124 cm³/mol. The fourth-order valence-corrected chi connectivity index (χ4v) is 3.33. The largest absolute Gasteiger partial charge is 0.453 e. The molecule has 3 amide bonds. The molecule has 0 saturated heterocycles. The summed E-state index contributed by atoms with van der Waals surface area (Å²) in [5.74, 6) is -1.20. The highest BCUT2D eigenvalue weighted by atomic mass is 79.9. The van der Waals surface area contributed by atoms with Crippen LogP contribution in [0.5, 0.6) is 0 Å². The van der Waals surface area contributed by atoms with Crippen LogP contribution in [0, 0.1) is 0 Å². The minimum Gasteiger partial charge on any atom is -0.453 e. The number of methoxy groups -OCH3 is 1. The number of primary amides is 2. The number of benzene rings is 1. The van der Waals surface area contributed by atoms with Crippen LogP contribution in [0.25, 0.3) is 5.82 Å². The number of ether oxygens (including phenoxy) is 1. The predicted octanol–water partition coefficient (Wildman–Crippen LogP) is 4.05. The van der Waals surface area contributed by atoms with Crippen LogP contribution < -0.4 is 16.8 Å². The summed E-state index contributed by atoms with van der Waals surface area (Å²) in [7, 11) is 1.22. The first kappa shape index (κ1) is 25.4. The number of hydrogen-bond donors (Lipinski definition) is 3. The fraction of sp³-hybridized carbons (Fsp3) is 0.0556. The molecule has 0 bridgehead atoms. The van der Waals surface area contributed by atoms with E-state index < -0.39 is 17.9 Å². The van der Waals surface area contributed by atoms with E-state index in [0.717, 1.165) is 0 Å². The van der Waals surface area contributed by atoms with E-state index in [0.29, 0.717) is 9.63 Å². The smallest absolute Gasteiger partial charge is 0.404 e. The van der Waals surface area contributed by atoms with Gasteiger partial charge in [-0.05, 0) is 40.2 Å². The van der Waals surface area contributed by atoms with Crippen molar-refractivity contribution in [2.24, 2.45) is 11.5 Å². The third kappa shape index (κ3) is 6.10. The molecular weight excluding hydrogens is 550 g/mol. The van der Waals surface area contributed by atoms with Crippen molar-refractivity contribution in [1.29, 1.82) is 0 Å². The van der Waals surface area contributed by atoms with Crippen molar-refractivity contribution in [3.63, 3.8) is 0 Å². The number of pyridine rings is 1. The Balaban J connectivity index is 0.000000654. The second-order valence-electron chi connectivity index (χ2n) is 5.69. The Kier molecular flexibility index (Phi) is 8.84. The van der Waals surface area contributed by atoms with Crippen molar-refractivity contribution in [1.82, 2.24) is 14.8 Å². The van der Waals surface area contributed by atoms with Crippen LogP contribution in [0.4, 0.5) is 10.5 Å². The number of nitrogens with zero attached hydrogens (tertiary/aromatic N) is 3. The number of nitrogens with two attached hydrogens (primary N) is 2. The van der Waals surface area contributed by atoms with Crippen molar-refractivity contribution in [2.45, 2.75) is 0 Å². The van der Waals surface area contributed by atoms with E-state index in [-0.39, 0.29) is 32.8 Å². The molecule has 14 heteroatoms. The Bertz CT molecular complexity index is 1190. The average Bonchev–Trinajstić information content (AvgIpc) is 3.12. The summed E-state index contributed by atoms with van der Waals surface area (Å²) >= 11 is 21.5. The van der Waals surface area contributed by atoms with Gasteiger partial charge in [-0.15, -0.1) is 0 Å². The van der Waals surface area contributed by atoms with Gasteiger partial charge in [-0.25, -0.2) is 14.5 Å². The van der Waals surface area contributed by atoms with Crippen LogP contribution in [0.2, 0.25) is 15.1 Å². The summed E-state index contributed by atoms with van der Waals surface area (Å²) in [6.45, 7) is 0. The molecule has 3 rings (SSSR count). The number of nitrogens with one attached hydrogen (secondary N) is 1. The zero-order valence-corrected chi connectivity index (χ0v) is 20.0. The normalized spacial score (nSPS) is 10.0. The SMILES string of the molecule is COC(N)=O.NC(=O)c1c(Cl)ccc(Cl)c1NC(=O)c1cc(Br)nn1-c1ncccc1Cl. The van der Waals surface area contributed by atoms with Gasteiger partial charge >= 0.3 is 6.09 Å². The molecule has 10 nitrogen and oxygen atoms in total. The molecule has 0 radical (unpaired) electrons. The monoisotopic (exact) mass is 562 g/mol. The molecule has 0 unspecified atom stereocenters. The lowest BCUT2D eigenvalue weighted by Gasteiger charge is -2.13. The molecule has 32 heavy (non-hydrogen) atoms. The van der Waals surface area contributed by atoms with Crippen LogP contribution in [-0.2, 0) is 4.74 Å². The number of amides is 3. The van der Waals surface area contributed by atoms with Gasteiger partial charge in [-0.2, -0.15) is 5.10 Å². The van der Waals surface area contributed by atoms with E-state index in [1.807, 2.05) is 0 Å². The summed E-state index contributed by atoms with van der Waals surface area (Å²) < 4.78 is 5.52. The van der Waals surface area contributed by atoms with Gasteiger partial charge in [0.2, 0.25) is 0 Å². The summed E-state index contributed by atoms with van der Waals surface area (Å²) in [4.78, 5) is 38.1.